The van der Waals surface area contributed by atoms with Crippen LogP contribution in [0.5, 0.6) is 5.75 Å². The quantitative estimate of drug-likeness (QED) is 0.756. The van der Waals surface area contributed by atoms with Crippen molar-refractivity contribution in [3.05, 3.63) is 53.5 Å². The lowest BCUT2D eigenvalue weighted by molar-refractivity contribution is 0.0925. The van der Waals surface area contributed by atoms with Gasteiger partial charge < -0.3 is 14.5 Å². The summed E-state index contributed by atoms with van der Waals surface area (Å²) in [6.45, 7) is 5.30. The van der Waals surface area contributed by atoms with E-state index in [2.05, 4.69) is 12.2 Å². The Bertz CT molecular complexity index is 587. The summed E-state index contributed by atoms with van der Waals surface area (Å²) in [5.74, 6) is 1.82. The number of benzene rings is 1. The third kappa shape index (κ3) is 4.95. The molecule has 4 nitrogen and oxygen atoms in total. The number of carbonyl (C=O) groups is 1. The Morgan fingerprint density at radius 1 is 1.18 bits per heavy atom. The minimum absolute atomic E-state index is 0.174. The molecule has 0 saturated heterocycles. The Morgan fingerprint density at radius 2 is 1.95 bits per heavy atom. The van der Waals surface area contributed by atoms with Crippen LogP contribution >= 0.6 is 0 Å². The van der Waals surface area contributed by atoms with Crippen LogP contribution in [-0.4, -0.2) is 19.1 Å². The second-order valence-corrected chi connectivity index (χ2v) is 5.26. The first-order valence-electron chi connectivity index (χ1n) is 7.75. The number of rotatable bonds is 8. The molecule has 1 aromatic heterocycles. The first kappa shape index (κ1) is 16.1. The van der Waals surface area contributed by atoms with Crippen LogP contribution in [0.2, 0.25) is 0 Å². The molecule has 0 aliphatic heterocycles. The molecule has 0 bridgehead atoms. The second kappa shape index (κ2) is 8.27. The van der Waals surface area contributed by atoms with Crippen molar-refractivity contribution in [1.82, 2.24) is 5.32 Å². The number of aryl methyl sites for hydroxylation is 1. The largest absolute Gasteiger partial charge is 0.494 e. The molecule has 0 unspecified atom stereocenters. The molecule has 22 heavy (non-hydrogen) atoms. The van der Waals surface area contributed by atoms with E-state index in [1.165, 1.54) is 5.56 Å². The number of hydrogen-bond donors (Lipinski definition) is 1. The summed E-state index contributed by atoms with van der Waals surface area (Å²) < 4.78 is 10.9. The molecule has 4 heteroatoms. The summed E-state index contributed by atoms with van der Waals surface area (Å²) in [6, 6.07) is 11.5. The number of ether oxygens (including phenoxy) is 1. The van der Waals surface area contributed by atoms with E-state index in [9.17, 15) is 4.79 Å². The van der Waals surface area contributed by atoms with Gasteiger partial charge in [0.05, 0.1) is 6.61 Å². The fourth-order valence-electron chi connectivity index (χ4n) is 2.05. The van der Waals surface area contributed by atoms with Gasteiger partial charge in [-0.25, -0.2) is 0 Å². The maximum Gasteiger partial charge on any atom is 0.287 e. The van der Waals surface area contributed by atoms with Crippen molar-refractivity contribution in [3.63, 3.8) is 0 Å². The number of unbranched alkanes of at least 4 members (excludes halogenated alkanes) is 1. The highest BCUT2D eigenvalue weighted by Gasteiger charge is 2.08. The molecule has 1 N–H and O–H groups in total. The van der Waals surface area contributed by atoms with E-state index in [4.69, 9.17) is 9.15 Å². The monoisotopic (exact) mass is 301 g/mol. The molecule has 0 spiro atoms. The summed E-state index contributed by atoms with van der Waals surface area (Å²) in [5, 5.41) is 2.85. The predicted octanol–water partition coefficient (Wildman–Crippen LogP) is 3.74. The zero-order valence-electron chi connectivity index (χ0n) is 13.2. The van der Waals surface area contributed by atoms with Gasteiger partial charge in [-0.1, -0.05) is 25.5 Å². The zero-order chi connectivity index (χ0) is 15.8. The Balaban J connectivity index is 1.73. The summed E-state index contributed by atoms with van der Waals surface area (Å²) in [7, 11) is 0. The second-order valence-electron chi connectivity index (χ2n) is 5.26. The number of nitrogens with one attached hydrogen (secondary N) is 1. The van der Waals surface area contributed by atoms with E-state index >= 15 is 0 Å². The maximum atomic E-state index is 11.8. The van der Waals surface area contributed by atoms with Crippen molar-refractivity contribution in [3.8, 4) is 5.75 Å². The van der Waals surface area contributed by atoms with Gasteiger partial charge in [-0.15, -0.1) is 0 Å². The summed E-state index contributed by atoms with van der Waals surface area (Å²) in [5.41, 5.74) is 1.17. The predicted molar refractivity (Wildman–Crippen MR) is 86.3 cm³/mol. The van der Waals surface area contributed by atoms with Gasteiger partial charge in [0.1, 0.15) is 11.5 Å². The minimum atomic E-state index is -0.174. The Labute approximate surface area is 131 Å². The Kier molecular flexibility index (Phi) is 6.07. The number of hydrogen-bond acceptors (Lipinski definition) is 3. The van der Waals surface area contributed by atoms with Crippen molar-refractivity contribution < 1.29 is 13.9 Å². The van der Waals surface area contributed by atoms with Crippen molar-refractivity contribution in [2.24, 2.45) is 0 Å². The first-order valence-corrected chi connectivity index (χ1v) is 7.75. The van der Waals surface area contributed by atoms with Crippen LogP contribution < -0.4 is 10.1 Å². The highest BCUT2D eigenvalue weighted by Crippen LogP contribution is 2.13. The third-order valence-corrected chi connectivity index (χ3v) is 3.35. The van der Waals surface area contributed by atoms with Crippen LogP contribution in [0.3, 0.4) is 0 Å². The fraction of sp³-hybridized carbons (Fsp3) is 0.389. The molecule has 2 rings (SSSR count). The molecule has 0 aliphatic carbocycles. The van der Waals surface area contributed by atoms with E-state index < -0.39 is 0 Å². The minimum Gasteiger partial charge on any atom is -0.494 e. The lowest BCUT2D eigenvalue weighted by Gasteiger charge is -2.07. The average Bonchev–Trinajstić information content (AvgIpc) is 2.96. The van der Waals surface area contributed by atoms with Crippen molar-refractivity contribution in [2.75, 3.05) is 13.2 Å². The molecule has 0 aliphatic rings. The van der Waals surface area contributed by atoms with Crippen LogP contribution in [0.25, 0.3) is 0 Å². The highest BCUT2D eigenvalue weighted by molar-refractivity contribution is 5.91. The van der Waals surface area contributed by atoms with Gasteiger partial charge >= 0.3 is 0 Å². The highest BCUT2D eigenvalue weighted by atomic mass is 16.5. The molecule has 0 radical (unpaired) electrons. The molecule has 2 aromatic rings. The van der Waals surface area contributed by atoms with E-state index in [-0.39, 0.29) is 5.91 Å². The molecule has 1 aromatic carbocycles. The first-order chi connectivity index (χ1) is 10.7. The number of amides is 1. The SMILES string of the molecule is CCCCOc1ccc(CCNC(=O)c2ccc(C)o2)cc1. The summed E-state index contributed by atoms with van der Waals surface area (Å²) >= 11 is 0. The van der Waals surface area contributed by atoms with Crippen molar-refractivity contribution >= 4 is 5.91 Å². The van der Waals surface area contributed by atoms with Gasteiger partial charge in [0.2, 0.25) is 0 Å². The average molecular weight is 301 g/mol. The molecule has 0 atom stereocenters. The number of carbonyl (C=O) groups excluding carboxylic acids is 1. The topological polar surface area (TPSA) is 51.5 Å². The molecule has 0 saturated carbocycles. The standard InChI is InChI=1S/C18H23NO3/c1-3-4-13-21-16-8-6-15(7-9-16)11-12-19-18(20)17-10-5-14(2)22-17/h5-10H,3-4,11-13H2,1-2H3,(H,19,20). The van der Waals surface area contributed by atoms with Crippen molar-refractivity contribution in [1.29, 1.82) is 0 Å². The van der Waals surface area contributed by atoms with Crippen LogP contribution in [-0.2, 0) is 6.42 Å². The van der Waals surface area contributed by atoms with Gasteiger partial charge in [-0.3, -0.25) is 4.79 Å². The molecule has 118 valence electrons. The maximum absolute atomic E-state index is 11.8. The molecule has 0 fully saturated rings. The normalized spacial score (nSPS) is 10.5. The Morgan fingerprint density at radius 3 is 2.59 bits per heavy atom. The Hall–Kier alpha value is -2.23. The van der Waals surface area contributed by atoms with Crippen LogP contribution in [0.1, 0.15) is 41.6 Å². The zero-order valence-corrected chi connectivity index (χ0v) is 13.2. The number of furan rings is 1. The van der Waals surface area contributed by atoms with E-state index in [1.807, 2.05) is 31.2 Å². The van der Waals surface area contributed by atoms with Crippen LogP contribution in [0.15, 0.2) is 40.8 Å². The smallest absolute Gasteiger partial charge is 0.287 e. The van der Waals surface area contributed by atoms with Crippen LogP contribution in [0.4, 0.5) is 0 Å². The summed E-state index contributed by atoms with van der Waals surface area (Å²) in [6.07, 6.45) is 2.98. The van der Waals surface area contributed by atoms with E-state index in [1.54, 1.807) is 12.1 Å². The van der Waals surface area contributed by atoms with Gasteiger partial charge in [0.15, 0.2) is 5.76 Å². The summed E-state index contributed by atoms with van der Waals surface area (Å²) in [4.78, 5) is 11.8. The fourth-order valence-corrected chi connectivity index (χ4v) is 2.05. The van der Waals surface area contributed by atoms with Crippen molar-refractivity contribution in [2.45, 2.75) is 33.1 Å². The lowest BCUT2D eigenvalue weighted by atomic mass is 10.1. The van der Waals surface area contributed by atoms with E-state index in [0.717, 1.165) is 37.4 Å². The van der Waals surface area contributed by atoms with E-state index in [0.29, 0.717) is 12.3 Å². The molecule has 1 amide bonds. The van der Waals surface area contributed by atoms with Gasteiger partial charge in [0.25, 0.3) is 5.91 Å². The third-order valence-electron chi connectivity index (χ3n) is 3.35. The van der Waals surface area contributed by atoms with Gasteiger partial charge in [-0.2, -0.15) is 0 Å². The molecular formula is C18H23NO3. The molecular weight excluding hydrogens is 278 g/mol. The van der Waals surface area contributed by atoms with Crippen LogP contribution in [0, 0.1) is 6.92 Å². The van der Waals surface area contributed by atoms with Gasteiger partial charge in [0, 0.05) is 6.54 Å². The van der Waals surface area contributed by atoms with Gasteiger partial charge in [-0.05, 0) is 49.6 Å². The lowest BCUT2D eigenvalue weighted by Crippen LogP contribution is -2.25. The molecule has 1 heterocycles.